The number of fused-ring (bicyclic) bond motifs is 4. The van der Waals surface area contributed by atoms with E-state index in [4.69, 9.17) is 18.9 Å². The van der Waals surface area contributed by atoms with Crippen molar-refractivity contribution in [2.75, 3.05) is 34.6 Å². The van der Waals surface area contributed by atoms with Gasteiger partial charge in [-0.15, -0.1) is 0 Å². The van der Waals surface area contributed by atoms with Crippen LogP contribution in [0.3, 0.4) is 0 Å². The Balaban J connectivity index is 1.47. The zero-order valence-electron chi connectivity index (χ0n) is 20.5. The van der Waals surface area contributed by atoms with E-state index in [9.17, 15) is 14.4 Å². The summed E-state index contributed by atoms with van der Waals surface area (Å²) in [5.74, 6) is -0.454. The van der Waals surface area contributed by atoms with Gasteiger partial charge in [-0.3, -0.25) is 24.2 Å². The summed E-state index contributed by atoms with van der Waals surface area (Å²) in [7, 11) is 4.45. The predicted molar refractivity (Wildman–Crippen MR) is 127 cm³/mol. The molecule has 6 rings (SSSR count). The van der Waals surface area contributed by atoms with Crippen LogP contribution in [-0.4, -0.2) is 67.7 Å². The number of nitrogens with zero attached hydrogens (tertiary/aromatic N) is 2. The minimum absolute atomic E-state index is 0.193. The lowest BCUT2D eigenvalue weighted by molar-refractivity contribution is -0.163. The van der Waals surface area contributed by atoms with E-state index >= 15 is 0 Å². The lowest BCUT2D eigenvalue weighted by Crippen LogP contribution is -2.59. The molecule has 0 aliphatic carbocycles. The van der Waals surface area contributed by atoms with E-state index in [1.54, 1.807) is 7.11 Å². The number of benzene rings is 2. The van der Waals surface area contributed by atoms with Crippen molar-refractivity contribution in [3.05, 3.63) is 42.0 Å². The van der Waals surface area contributed by atoms with Crippen molar-refractivity contribution < 1.29 is 33.3 Å². The summed E-state index contributed by atoms with van der Waals surface area (Å²) in [6.45, 7) is 0.793. The number of esters is 1. The molecule has 3 unspecified atom stereocenters. The number of ether oxygens (including phenoxy) is 4. The maximum absolute atomic E-state index is 13.4. The highest BCUT2D eigenvalue weighted by Gasteiger charge is 2.72. The fourth-order valence-corrected chi connectivity index (χ4v) is 6.70. The molecule has 4 aliphatic rings. The van der Waals surface area contributed by atoms with Crippen molar-refractivity contribution in [3.8, 4) is 28.4 Å². The summed E-state index contributed by atoms with van der Waals surface area (Å²) in [6, 6.07) is 11.1. The zero-order chi connectivity index (χ0) is 25.2. The van der Waals surface area contributed by atoms with Crippen LogP contribution in [-0.2, 0) is 19.1 Å². The van der Waals surface area contributed by atoms with Gasteiger partial charge in [0.15, 0.2) is 11.5 Å². The van der Waals surface area contributed by atoms with Crippen molar-refractivity contribution in [1.29, 1.82) is 0 Å². The first kappa shape index (κ1) is 22.8. The van der Waals surface area contributed by atoms with E-state index in [-0.39, 0.29) is 18.6 Å². The molecular weight excluding hydrogens is 464 g/mol. The van der Waals surface area contributed by atoms with Crippen LogP contribution < -0.4 is 14.2 Å². The number of carbonyl (C=O) groups excluding carboxylic acids is 3. The minimum atomic E-state index is -1.15. The first-order valence-corrected chi connectivity index (χ1v) is 12.2. The summed E-state index contributed by atoms with van der Waals surface area (Å²) in [4.78, 5) is 43.3. The van der Waals surface area contributed by atoms with Crippen molar-refractivity contribution in [2.45, 2.75) is 30.8 Å². The Kier molecular flexibility index (Phi) is 5.22. The van der Waals surface area contributed by atoms with Gasteiger partial charge in [0.2, 0.25) is 18.6 Å². The van der Waals surface area contributed by atoms with Crippen LogP contribution in [0.5, 0.6) is 17.2 Å². The molecule has 9 heteroatoms. The lowest BCUT2D eigenvalue weighted by Gasteiger charge is -2.44. The van der Waals surface area contributed by atoms with Gasteiger partial charge in [0, 0.05) is 18.7 Å². The van der Waals surface area contributed by atoms with Gasteiger partial charge in [0.1, 0.15) is 11.3 Å². The third kappa shape index (κ3) is 2.95. The number of hydrogen-bond acceptors (Lipinski definition) is 8. The average Bonchev–Trinajstić information content (AvgIpc) is 3.57. The van der Waals surface area contributed by atoms with Gasteiger partial charge in [0.25, 0.3) is 0 Å². The van der Waals surface area contributed by atoms with Crippen LogP contribution in [0.1, 0.15) is 30.9 Å². The Labute approximate surface area is 208 Å². The summed E-state index contributed by atoms with van der Waals surface area (Å²) < 4.78 is 22.0. The topological polar surface area (TPSA) is 94.6 Å². The summed E-state index contributed by atoms with van der Waals surface area (Å²) in [6.07, 6.45) is 2.15. The molecule has 3 fully saturated rings. The Hall–Kier alpha value is -3.59. The Morgan fingerprint density at radius 3 is 2.61 bits per heavy atom. The second kappa shape index (κ2) is 8.23. The van der Waals surface area contributed by atoms with Crippen LogP contribution in [0, 0.1) is 11.8 Å². The molecule has 188 valence electrons. The van der Waals surface area contributed by atoms with E-state index in [0.717, 1.165) is 29.5 Å². The van der Waals surface area contributed by atoms with Gasteiger partial charge in [-0.1, -0.05) is 18.2 Å². The molecule has 0 saturated carbocycles. The average molecular weight is 493 g/mol. The van der Waals surface area contributed by atoms with Crippen LogP contribution in [0.15, 0.2) is 36.4 Å². The molecule has 9 nitrogen and oxygen atoms in total. The second-order valence-electron chi connectivity index (χ2n) is 9.78. The standard InChI is InChI=1S/C27H28N2O7/c1-28-24(30)21-22(25(28)31)27(26(32)34-3)10-4-5-11-29(27)23(21)16-6-8-17(19(13-16)33-2)15-7-9-18-20(12-15)36-14-35-18/h6-9,12-13,21-23H,4-5,10-11,14H2,1-3H3/t21?,22?,23?,27-/m0/s1. The molecule has 2 aromatic rings. The Bertz CT molecular complexity index is 1280. The van der Waals surface area contributed by atoms with Crippen LogP contribution in [0.25, 0.3) is 11.1 Å². The smallest absolute Gasteiger partial charge is 0.327 e. The number of imide groups is 1. The maximum Gasteiger partial charge on any atom is 0.327 e. The predicted octanol–water partition coefficient (Wildman–Crippen LogP) is 2.77. The number of piperidine rings is 1. The number of methoxy groups -OCH3 is 2. The number of hydrogen-bond donors (Lipinski definition) is 0. The largest absolute Gasteiger partial charge is 0.496 e. The molecule has 0 spiro atoms. The normalized spacial score (nSPS) is 28.8. The third-order valence-corrected chi connectivity index (χ3v) is 8.27. The fourth-order valence-electron chi connectivity index (χ4n) is 6.70. The fraction of sp³-hybridized carbons (Fsp3) is 0.444. The van der Waals surface area contributed by atoms with Crippen LogP contribution >= 0.6 is 0 Å². The van der Waals surface area contributed by atoms with E-state index in [0.29, 0.717) is 30.2 Å². The molecule has 36 heavy (non-hydrogen) atoms. The monoisotopic (exact) mass is 492 g/mol. The first-order chi connectivity index (χ1) is 17.4. The zero-order valence-corrected chi connectivity index (χ0v) is 20.5. The highest BCUT2D eigenvalue weighted by atomic mass is 16.7. The van der Waals surface area contributed by atoms with Crippen molar-refractivity contribution >= 4 is 17.8 Å². The highest BCUT2D eigenvalue weighted by Crippen LogP contribution is 2.58. The lowest BCUT2D eigenvalue weighted by atomic mass is 9.75. The third-order valence-electron chi connectivity index (χ3n) is 8.27. The second-order valence-corrected chi connectivity index (χ2v) is 9.78. The molecule has 0 radical (unpaired) electrons. The Morgan fingerprint density at radius 2 is 1.83 bits per heavy atom. The Morgan fingerprint density at radius 1 is 1.03 bits per heavy atom. The number of amides is 2. The van der Waals surface area contributed by atoms with Gasteiger partial charge >= 0.3 is 5.97 Å². The first-order valence-electron chi connectivity index (χ1n) is 12.2. The number of likely N-dealkylation sites (tertiary alicyclic amines) is 1. The van der Waals surface area contributed by atoms with Crippen molar-refractivity contribution in [2.24, 2.45) is 11.8 Å². The number of rotatable bonds is 4. The maximum atomic E-state index is 13.4. The summed E-state index contributed by atoms with van der Waals surface area (Å²) in [5, 5.41) is 0. The van der Waals surface area contributed by atoms with E-state index in [2.05, 4.69) is 4.90 Å². The van der Waals surface area contributed by atoms with Gasteiger partial charge in [-0.2, -0.15) is 0 Å². The van der Waals surface area contributed by atoms with E-state index < -0.39 is 29.4 Å². The van der Waals surface area contributed by atoms with Gasteiger partial charge in [0.05, 0.1) is 26.1 Å². The molecule has 0 bridgehead atoms. The van der Waals surface area contributed by atoms with Gasteiger partial charge in [-0.05, 0) is 55.1 Å². The van der Waals surface area contributed by atoms with Crippen LogP contribution in [0.2, 0.25) is 0 Å². The molecule has 0 aromatic heterocycles. The molecule has 2 amide bonds. The molecule has 4 aliphatic heterocycles. The molecule has 4 atom stereocenters. The molecular formula is C27H28N2O7. The molecule has 3 saturated heterocycles. The van der Waals surface area contributed by atoms with E-state index in [1.165, 1.54) is 19.1 Å². The SMILES string of the molecule is COC(=O)[C@@]12CCCCN1C(c1ccc(-c3ccc4c(c3)OCO4)c(OC)c1)C1C(=O)N(C)C(=O)C12. The minimum Gasteiger partial charge on any atom is -0.496 e. The van der Waals surface area contributed by atoms with E-state index in [1.807, 2.05) is 36.4 Å². The number of carbonyl (C=O) groups is 3. The van der Waals surface area contributed by atoms with Gasteiger partial charge < -0.3 is 18.9 Å². The highest BCUT2D eigenvalue weighted by molar-refractivity contribution is 6.09. The summed E-state index contributed by atoms with van der Waals surface area (Å²) >= 11 is 0. The molecule has 2 aromatic carbocycles. The quantitative estimate of drug-likeness (QED) is 0.475. The molecule has 0 N–H and O–H groups in total. The van der Waals surface area contributed by atoms with Crippen molar-refractivity contribution in [3.63, 3.8) is 0 Å². The van der Waals surface area contributed by atoms with Gasteiger partial charge in [-0.25, -0.2) is 0 Å². The van der Waals surface area contributed by atoms with Crippen LogP contribution in [0.4, 0.5) is 0 Å². The van der Waals surface area contributed by atoms with Crippen molar-refractivity contribution in [1.82, 2.24) is 9.80 Å². The summed E-state index contributed by atoms with van der Waals surface area (Å²) in [5.41, 5.74) is 1.44. The molecule has 4 heterocycles.